The van der Waals surface area contributed by atoms with Crippen molar-refractivity contribution in [3.8, 4) is 5.75 Å². The number of nitrogens with two attached hydrogens (primary N) is 1. The number of amides is 1. The third-order valence-corrected chi connectivity index (χ3v) is 5.96. The summed E-state index contributed by atoms with van der Waals surface area (Å²) in [5.41, 5.74) is 8.52. The lowest BCUT2D eigenvalue weighted by Gasteiger charge is -2.44. The molecule has 6 heteroatoms. The molecule has 0 saturated carbocycles. The molecule has 0 aliphatic carbocycles. The van der Waals surface area contributed by atoms with Crippen LogP contribution in [0, 0.1) is 5.41 Å². The molecule has 1 fully saturated rings. The monoisotopic (exact) mass is 441 g/mol. The van der Waals surface area contributed by atoms with E-state index in [0.717, 1.165) is 11.1 Å². The molecule has 1 aliphatic heterocycles. The summed E-state index contributed by atoms with van der Waals surface area (Å²) in [5, 5.41) is 9.68. The number of aromatic hydroxyl groups is 1. The van der Waals surface area contributed by atoms with Crippen molar-refractivity contribution in [3.05, 3.63) is 101 Å². The molecule has 0 spiro atoms. The first-order valence-electron chi connectivity index (χ1n) is 10.8. The van der Waals surface area contributed by atoms with Gasteiger partial charge in [0.2, 0.25) is 5.91 Å². The first-order valence-corrected chi connectivity index (χ1v) is 10.8. The fourth-order valence-electron chi connectivity index (χ4n) is 4.35. The van der Waals surface area contributed by atoms with E-state index >= 15 is 0 Å². The number of rotatable bonds is 5. The van der Waals surface area contributed by atoms with Crippen LogP contribution in [0.1, 0.15) is 47.1 Å². The first-order chi connectivity index (χ1) is 15.7. The van der Waals surface area contributed by atoms with Gasteiger partial charge in [0.25, 0.3) is 0 Å². The molecule has 2 aromatic carbocycles. The third kappa shape index (κ3) is 4.86. The van der Waals surface area contributed by atoms with Gasteiger partial charge in [-0.2, -0.15) is 0 Å². The van der Waals surface area contributed by atoms with Gasteiger partial charge in [-0.1, -0.05) is 44.2 Å². The quantitative estimate of drug-likeness (QED) is 0.581. The third-order valence-electron chi connectivity index (χ3n) is 5.96. The number of piperidine rings is 1. The number of nitrogens with zero attached hydrogens (tertiary/aromatic N) is 2. The lowest BCUT2D eigenvalue weighted by Crippen LogP contribution is -2.49. The highest BCUT2D eigenvalue weighted by molar-refractivity contribution is 6.05. The Hall–Kier alpha value is -3.77. The van der Waals surface area contributed by atoms with Crippen molar-refractivity contribution in [2.24, 2.45) is 11.1 Å². The highest BCUT2D eigenvalue weighted by Crippen LogP contribution is 2.42. The minimum atomic E-state index is -0.596. The number of primary amides is 1. The molecule has 3 N–H and O–H groups in total. The summed E-state index contributed by atoms with van der Waals surface area (Å²) in [4.78, 5) is 31.9. The molecule has 0 bridgehead atoms. The minimum Gasteiger partial charge on any atom is -0.508 e. The van der Waals surface area contributed by atoms with E-state index in [1.165, 1.54) is 0 Å². The maximum atomic E-state index is 13.6. The van der Waals surface area contributed by atoms with E-state index in [4.69, 9.17) is 5.73 Å². The van der Waals surface area contributed by atoms with Gasteiger partial charge in [0.05, 0.1) is 11.7 Å². The van der Waals surface area contributed by atoms with E-state index in [-0.39, 0.29) is 17.6 Å². The number of likely N-dealkylation sites (tertiary alicyclic amines) is 1. The number of hydrogen-bond donors (Lipinski definition) is 2. The van der Waals surface area contributed by atoms with Crippen molar-refractivity contribution in [1.29, 1.82) is 0 Å². The van der Waals surface area contributed by atoms with E-state index in [9.17, 15) is 14.7 Å². The molecular formula is C27H27N3O3. The Morgan fingerprint density at radius 3 is 2.42 bits per heavy atom. The van der Waals surface area contributed by atoms with Crippen LogP contribution < -0.4 is 5.73 Å². The topological polar surface area (TPSA) is 96.5 Å². The molecule has 1 aliphatic rings. The molecule has 4 rings (SSSR count). The van der Waals surface area contributed by atoms with Crippen molar-refractivity contribution in [2.45, 2.75) is 26.4 Å². The van der Waals surface area contributed by atoms with Gasteiger partial charge < -0.3 is 10.8 Å². The lowest BCUT2D eigenvalue weighted by molar-refractivity contribution is -0.128. The van der Waals surface area contributed by atoms with Crippen molar-refractivity contribution < 1.29 is 14.7 Å². The van der Waals surface area contributed by atoms with Gasteiger partial charge in [0.1, 0.15) is 5.75 Å². The Labute approximate surface area is 193 Å². The van der Waals surface area contributed by atoms with Gasteiger partial charge in [0.15, 0.2) is 5.78 Å². The number of phenolic OH excluding ortho intramolecular Hbond substituents is 1. The van der Waals surface area contributed by atoms with E-state index in [1.54, 1.807) is 30.5 Å². The van der Waals surface area contributed by atoms with Crippen LogP contribution >= 0.6 is 0 Å². The van der Waals surface area contributed by atoms with E-state index in [0.29, 0.717) is 29.9 Å². The molecule has 1 atom stereocenters. The second kappa shape index (κ2) is 9.00. The van der Waals surface area contributed by atoms with E-state index in [1.807, 2.05) is 62.4 Å². The predicted molar refractivity (Wildman–Crippen MR) is 127 cm³/mol. The van der Waals surface area contributed by atoms with Crippen molar-refractivity contribution in [1.82, 2.24) is 9.88 Å². The van der Waals surface area contributed by atoms with Crippen LogP contribution in [-0.4, -0.2) is 33.2 Å². The van der Waals surface area contributed by atoms with Gasteiger partial charge in [-0.05, 0) is 53.6 Å². The summed E-state index contributed by atoms with van der Waals surface area (Å²) in [5.74, 6) is -0.214. The summed E-state index contributed by atoms with van der Waals surface area (Å²) in [6.45, 7) is 5.04. The zero-order chi connectivity index (χ0) is 23.6. The van der Waals surface area contributed by atoms with Crippen LogP contribution in [0.25, 0.3) is 6.08 Å². The molecule has 1 aromatic heterocycles. The molecule has 0 radical (unpaired) electrons. The number of pyridine rings is 1. The minimum absolute atomic E-state index is 0.0686. The molecule has 1 amide bonds. The Bertz CT molecular complexity index is 1180. The number of ketones is 1. The molecular weight excluding hydrogens is 414 g/mol. The number of carbonyl (C=O) groups is 2. The Morgan fingerprint density at radius 2 is 1.82 bits per heavy atom. The fourth-order valence-corrected chi connectivity index (χ4v) is 4.35. The average molecular weight is 442 g/mol. The normalized spacial score (nSPS) is 19.5. The zero-order valence-electron chi connectivity index (χ0n) is 18.7. The largest absolute Gasteiger partial charge is 0.508 e. The predicted octanol–water partition coefficient (Wildman–Crippen LogP) is 4.12. The standard InChI is InChI=1S/C27H27N3O3/c1-27(2)17-30(16-18-6-12-22(31)13-7-18)24(19-8-10-20(11-9-19)26(28)33)23(25(27)32)15-21-5-3-4-14-29-21/h3-15,24,31H,16-17H2,1-2H3,(H2,28,33)/b23-15+. The second-order valence-electron chi connectivity index (χ2n) is 9.03. The fraction of sp³-hybridized carbons (Fsp3) is 0.222. The Balaban J connectivity index is 1.83. The molecule has 1 unspecified atom stereocenters. The Morgan fingerprint density at radius 1 is 1.12 bits per heavy atom. The number of benzene rings is 2. The van der Waals surface area contributed by atoms with Crippen molar-refractivity contribution >= 4 is 17.8 Å². The van der Waals surface area contributed by atoms with E-state index < -0.39 is 11.3 Å². The maximum absolute atomic E-state index is 13.6. The summed E-state index contributed by atoms with van der Waals surface area (Å²) < 4.78 is 0. The number of aromatic nitrogens is 1. The highest BCUT2D eigenvalue weighted by atomic mass is 16.3. The average Bonchev–Trinajstić information content (AvgIpc) is 2.79. The second-order valence-corrected chi connectivity index (χ2v) is 9.03. The number of hydrogen-bond acceptors (Lipinski definition) is 5. The van der Waals surface area contributed by atoms with Crippen molar-refractivity contribution in [2.75, 3.05) is 6.54 Å². The summed E-state index contributed by atoms with van der Waals surface area (Å²) in [7, 11) is 0. The molecule has 33 heavy (non-hydrogen) atoms. The Kier molecular flexibility index (Phi) is 6.11. The zero-order valence-corrected chi connectivity index (χ0v) is 18.7. The molecule has 3 aromatic rings. The van der Waals surface area contributed by atoms with Crippen molar-refractivity contribution in [3.63, 3.8) is 0 Å². The summed E-state index contributed by atoms with van der Waals surface area (Å²) >= 11 is 0. The maximum Gasteiger partial charge on any atom is 0.248 e. The van der Waals surface area contributed by atoms with Gasteiger partial charge in [-0.3, -0.25) is 19.5 Å². The van der Waals surface area contributed by atoms with Crippen LogP contribution in [0.5, 0.6) is 5.75 Å². The van der Waals surface area contributed by atoms with Crippen LogP contribution in [0.2, 0.25) is 0 Å². The lowest BCUT2D eigenvalue weighted by atomic mass is 9.74. The van der Waals surface area contributed by atoms with Gasteiger partial charge in [0, 0.05) is 35.8 Å². The number of Topliss-reactive ketones (excluding diaryl/α,β-unsaturated/α-hetero) is 1. The highest BCUT2D eigenvalue weighted by Gasteiger charge is 2.44. The van der Waals surface area contributed by atoms with Gasteiger partial charge in [-0.15, -0.1) is 0 Å². The first kappa shape index (κ1) is 22.4. The summed E-state index contributed by atoms with van der Waals surface area (Å²) in [6, 6.07) is 19.5. The molecule has 2 heterocycles. The van der Waals surface area contributed by atoms with Gasteiger partial charge in [-0.25, -0.2) is 0 Å². The van der Waals surface area contributed by atoms with Crippen LogP contribution in [0.15, 0.2) is 78.5 Å². The smallest absolute Gasteiger partial charge is 0.248 e. The van der Waals surface area contributed by atoms with Crippen LogP contribution in [-0.2, 0) is 11.3 Å². The van der Waals surface area contributed by atoms with Crippen LogP contribution in [0.3, 0.4) is 0 Å². The molecule has 168 valence electrons. The number of carbonyl (C=O) groups excluding carboxylic acids is 2. The van der Waals surface area contributed by atoms with E-state index in [2.05, 4.69) is 9.88 Å². The molecule has 6 nitrogen and oxygen atoms in total. The number of phenols is 1. The summed E-state index contributed by atoms with van der Waals surface area (Å²) in [6.07, 6.45) is 3.56. The molecule has 1 saturated heterocycles. The van der Waals surface area contributed by atoms with Crippen LogP contribution in [0.4, 0.5) is 0 Å². The SMILES string of the molecule is CC1(C)CN(Cc2ccc(O)cc2)C(c2ccc(C(N)=O)cc2)/C(=C\c2ccccn2)C1=O. The van der Waals surface area contributed by atoms with Gasteiger partial charge >= 0.3 is 0 Å².